The Morgan fingerprint density at radius 1 is 1.50 bits per heavy atom. The van der Waals surface area contributed by atoms with Crippen LogP contribution < -0.4 is 4.74 Å². The second-order valence-electron chi connectivity index (χ2n) is 2.96. The van der Waals surface area contributed by atoms with Crippen LogP contribution >= 0.6 is 39.2 Å². The quantitative estimate of drug-likeness (QED) is 0.807. The van der Waals surface area contributed by atoms with Crippen LogP contribution in [0.5, 0.6) is 5.75 Å². The number of benzene rings is 1. The molecule has 2 aromatic rings. The van der Waals surface area contributed by atoms with Crippen LogP contribution in [0.2, 0.25) is 0 Å². The summed E-state index contributed by atoms with van der Waals surface area (Å²) < 4.78 is 11.1. The molecule has 0 saturated carbocycles. The molecule has 0 saturated heterocycles. The second kappa shape index (κ2) is 5.65. The lowest BCUT2D eigenvalue weighted by Crippen LogP contribution is -1.86. The largest absolute Gasteiger partial charge is 0.496 e. The predicted molar refractivity (Wildman–Crippen MR) is 70.2 cm³/mol. The summed E-state index contributed by atoms with van der Waals surface area (Å²) in [6.07, 6.45) is 1.58. The summed E-state index contributed by atoms with van der Waals surface area (Å²) >= 11 is 6.57. The van der Waals surface area contributed by atoms with E-state index in [-0.39, 0.29) is 0 Å². The summed E-state index contributed by atoms with van der Waals surface area (Å²) in [6.45, 7) is 0. The minimum Gasteiger partial charge on any atom is -0.496 e. The normalized spacial score (nSPS) is 10.4. The van der Waals surface area contributed by atoms with E-state index in [1.54, 1.807) is 25.2 Å². The Hall–Kier alpha value is -0.590. The highest BCUT2D eigenvalue weighted by molar-refractivity contribution is 9.10. The van der Waals surface area contributed by atoms with E-state index in [0.29, 0.717) is 0 Å². The van der Waals surface area contributed by atoms with E-state index in [0.717, 1.165) is 20.3 Å². The average molecular weight is 317 g/mol. The fourth-order valence-electron chi connectivity index (χ4n) is 1.17. The van der Waals surface area contributed by atoms with Crippen LogP contribution in [0, 0.1) is 0 Å². The maximum atomic E-state index is 5.18. The number of methoxy groups -OCH3 is 1. The Morgan fingerprint density at radius 3 is 3.00 bits per heavy atom. The molecular weight excluding hydrogens is 308 g/mol. The summed E-state index contributed by atoms with van der Waals surface area (Å²) in [7, 11) is 1.66. The minimum atomic E-state index is 0.852. The maximum Gasteiger partial charge on any atom is 0.170 e. The summed E-state index contributed by atoms with van der Waals surface area (Å²) in [5.41, 5.74) is 1.23. The van der Waals surface area contributed by atoms with Gasteiger partial charge in [0, 0.05) is 5.75 Å². The van der Waals surface area contributed by atoms with Gasteiger partial charge in [0.1, 0.15) is 12.1 Å². The highest BCUT2D eigenvalue weighted by Gasteiger charge is 2.03. The lowest BCUT2D eigenvalue weighted by Gasteiger charge is -2.05. The van der Waals surface area contributed by atoms with Crippen LogP contribution in [0.15, 0.2) is 33.3 Å². The first-order valence-electron chi connectivity index (χ1n) is 4.51. The molecule has 2 rings (SSSR count). The Labute approximate surface area is 111 Å². The molecule has 0 radical (unpaired) electrons. The Morgan fingerprint density at radius 2 is 2.38 bits per heavy atom. The van der Waals surface area contributed by atoms with Crippen molar-refractivity contribution in [1.82, 2.24) is 9.36 Å². The molecule has 6 heteroatoms. The molecule has 0 amide bonds. The monoisotopic (exact) mass is 316 g/mol. The van der Waals surface area contributed by atoms with Crippen LogP contribution in [0.1, 0.15) is 5.56 Å². The van der Waals surface area contributed by atoms with Crippen LogP contribution in [-0.4, -0.2) is 16.5 Å². The molecule has 0 fully saturated rings. The van der Waals surface area contributed by atoms with Crippen molar-refractivity contribution in [2.24, 2.45) is 0 Å². The molecule has 0 atom stereocenters. The predicted octanol–water partition coefficient (Wildman–Crippen LogP) is 3.60. The van der Waals surface area contributed by atoms with Crippen molar-refractivity contribution in [1.29, 1.82) is 0 Å². The first-order chi connectivity index (χ1) is 7.79. The summed E-state index contributed by atoms with van der Waals surface area (Å²) in [6, 6.07) is 6.07. The third-order valence-corrected chi connectivity index (χ3v) is 4.41. The summed E-state index contributed by atoms with van der Waals surface area (Å²) in [5, 5.41) is 0. The van der Waals surface area contributed by atoms with Crippen LogP contribution in [0.3, 0.4) is 0 Å². The molecular formula is C10H9BrN2OS2. The van der Waals surface area contributed by atoms with E-state index in [1.165, 1.54) is 17.1 Å². The van der Waals surface area contributed by atoms with Crippen molar-refractivity contribution in [2.45, 2.75) is 10.1 Å². The number of rotatable bonds is 4. The average Bonchev–Trinajstić information content (AvgIpc) is 2.79. The van der Waals surface area contributed by atoms with Gasteiger partial charge in [-0.2, -0.15) is 4.37 Å². The zero-order chi connectivity index (χ0) is 11.4. The fourth-order valence-corrected chi connectivity index (χ4v) is 3.15. The molecule has 1 heterocycles. The van der Waals surface area contributed by atoms with Crippen molar-refractivity contribution in [3.63, 3.8) is 0 Å². The van der Waals surface area contributed by atoms with Crippen molar-refractivity contribution in [2.75, 3.05) is 7.11 Å². The lowest BCUT2D eigenvalue weighted by molar-refractivity contribution is 0.412. The minimum absolute atomic E-state index is 0.852. The lowest BCUT2D eigenvalue weighted by atomic mass is 10.2. The van der Waals surface area contributed by atoms with Gasteiger partial charge in [-0.25, -0.2) is 4.98 Å². The zero-order valence-corrected chi connectivity index (χ0v) is 11.7. The van der Waals surface area contributed by atoms with Crippen molar-refractivity contribution < 1.29 is 4.74 Å². The third kappa shape index (κ3) is 2.96. The SMILES string of the molecule is COc1ccc(CSc2ncns2)cc1Br. The molecule has 0 aliphatic heterocycles. The van der Waals surface area contributed by atoms with Gasteiger partial charge in [0.25, 0.3) is 0 Å². The van der Waals surface area contributed by atoms with Gasteiger partial charge in [-0.05, 0) is 45.2 Å². The third-order valence-electron chi connectivity index (χ3n) is 1.92. The Kier molecular flexibility index (Phi) is 4.20. The van der Waals surface area contributed by atoms with E-state index in [1.807, 2.05) is 6.07 Å². The molecule has 0 spiro atoms. The van der Waals surface area contributed by atoms with Gasteiger partial charge in [0.2, 0.25) is 0 Å². The summed E-state index contributed by atoms with van der Waals surface area (Å²) in [4.78, 5) is 4.12. The molecule has 16 heavy (non-hydrogen) atoms. The summed E-state index contributed by atoms with van der Waals surface area (Å²) in [5.74, 6) is 1.74. The number of halogens is 1. The van der Waals surface area contributed by atoms with E-state index in [4.69, 9.17) is 4.74 Å². The van der Waals surface area contributed by atoms with Crippen LogP contribution in [0.4, 0.5) is 0 Å². The zero-order valence-electron chi connectivity index (χ0n) is 8.51. The van der Waals surface area contributed by atoms with Gasteiger partial charge in [0.15, 0.2) is 4.34 Å². The molecule has 3 nitrogen and oxygen atoms in total. The van der Waals surface area contributed by atoms with Gasteiger partial charge >= 0.3 is 0 Å². The van der Waals surface area contributed by atoms with E-state index in [2.05, 4.69) is 37.4 Å². The molecule has 84 valence electrons. The molecule has 0 aliphatic carbocycles. The van der Waals surface area contributed by atoms with Gasteiger partial charge in [-0.1, -0.05) is 17.8 Å². The van der Waals surface area contributed by atoms with Crippen molar-refractivity contribution >= 4 is 39.2 Å². The van der Waals surface area contributed by atoms with Gasteiger partial charge in [0.05, 0.1) is 11.6 Å². The van der Waals surface area contributed by atoms with Gasteiger partial charge in [-0.3, -0.25) is 0 Å². The number of aromatic nitrogens is 2. The van der Waals surface area contributed by atoms with Crippen molar-refractivity contribution in [3.05, 3.63) is 34.6 Å². The van der Waals surface area contributed by atoms with Crippen LogP contribution in [-0.2, 0) is 5.75 Å². The highest BCUT2D eigenvalue weighted by atomic mass is 79.9. The van der Waals surface area contributed by atoms with Crippen molar-refractivity contribution in [3.8, 4) is 5.75 Å². The second-order valence-corrected chi connectivity index (χ2v) is 5.82. The number of nitrogens with zero attached hydrogens (tertiary/aromatic N) is 2. The first kappa shape index (κ1) is 11.9. The standard InChI is InChI=1S/C10H9BrN2OS2/c1-14-9-3-2-7(4-8(9)11)5-15-10-12-6-13-16-10/h2-4,6H,5H2,1H3. The highest BCUT2D eigenvalue weighted by Crippen LogP contribution is 2.29. The fraction of sp³-hybridized carbons (Fsp3) is 0.200. The molecule has 0 bridgehead atoms. The molecule has 1 aromatic carbocycles. The van der Waals surface area contributed by atoms with Gasteiger partial charge in [-0.15, -0.1) is 0 Å². The maximum absolute atomic E-state index is 5.18. The van der Waals surface area contributed by atoms with E-state index < -0.39 is 0 Å². The number of hydrogen-bond acceptors (Lipinski definition) is 5. The Balaban J connectivity index is 2.02. The Bertz CT molecular complexity index is 462. The number of ether oxygens (including phenoxy) is 1. The topological polar surface area (TPSA) is 35.0 Å². The first-order valence-corrected chi connectivity index (χ1v) is 7.06. The van der Waals surface area contributed by atoms with Gasteiger partial charge < -0.3 is 4.74 Å². The molecule has 0 N–H and O–H groups in total. The molecule has 0 unspecified atom stereocenters. The van der Waals surface area contributed by atoms with E-state index in [9.17, 15) is 0 Å². The number of thioether (sulfide) groups is 1. The molecule has 1 aromatic heterocycles. The van der Waals surface area contributed by atoms with Crippen LogP contribution in [0.25, 0.3) is 0 Å². The van der Waals surface area contributed by atoms with E-state index >= 15 is 0 Å². The number of hydrogen-bond donors (Lipinski definition) is 0. The molecule has 0 aliphatic rings. The smallest absolute Gasteiger partial charge is 0.170 e.